The Hall–Kier alpha value is -1.30. The first kappa shape index (κ1) is 15.8. The molecule has 110 valence electrons. The van der Waals surface area contributed by atoms with Gasteiger partial charge >= 0.3 is 12.1 Å². The van der Waals surface area contributed by atoms with Crippen LogP contribution in [-0.2, 0) is 19.0 Å². The molecule has 19 heavy (non-hydrogen) atoms. The Balaban J connectivity index is 2.82. The van der Waals surface area contributed by atoms with E-state index in [1.165, 1.54) is 4.90 Å². The maximum Gasteiger partial charge on any atom is 0.411 e. The van der Waals surface area contributed by atoms with Crippen LogP contribution in [0, 0.1) is 0 Å². The van der Waals surface area contributed by atoms with Gasteiger partial charge in [-0.15, -0.1) is 0 Å². The van der Waals surface area contributed by atoms with Gasteiger partial charge in [-0.3, -0.25) is 4.90 Å². The van der Waals surface area contributed by atoms with Crippen molar-refractivity contribution < 1.29 is 23.8 Å². The number of carbonyl (C=O) groups excluding carboxylic acids is 2. The van der Waals surface area contributed by atoms with Crippen molar-refractivity contribution >= 4 is 12.1 Å². The van der Waals surface area contributed by atoms with E-state index >= 15 is 0 Å². The number of amides is 1. The lowest BCUT2D eigenvalue weighted by Crippen LogP contribution is -2.57. The summed E-state index contributed by atoms with van der Waals surface area (Å²) in [6, 6.07) is -0.747. The van der Waals surface area contributed by atoms with Gasteiger partial charge in [-0.25, -0.2) is 9.59 Å². The normalized spacial score (nSPS) is 23.9. The molecule has 0 bridgehead atoms. The van der Waals surface area contributed by atoms with Crippen molar-refractivity contribution in [2.45, 2.75) is 52.4 Å². The number of carbonyl (C=O) groups is 2. The van der Waals surface area contributed by atoms with Crippen molar-refractivity contribution in [3.05, 3.63) is 0 Å². The number of esters is 1. The molecule has 1 rings (SSSR count). The van der Waals surface area contributed by atoms with Crippen molar-refractivity contribution in [1.29, 1.82) is 0 Å². The minimum atomic E-state index is -0.747. The van der Waals surface area contributed by atoms with E-state index in [0.717, 1.165) is 0 Å². The van der Waals surface area contributed by atoms with Crippen LogP contribution in [0.25, 0.3) is 0 Å². The number of hydrogen-bond acceptors (Lipinski definition) is 5. The Morgan fingerprint density at radius 2 is 2.00 bits per heavy atom. The van der Waals surface area contributed by atoms with E-state index in [-0.39, 0.29) is 6.61 Å². The molecular formula is C13H23NO5. The second-order valence-corrected chi connectivity index (χ2v) is 5.45. The van der Waals surface area contributed by atoms with Crippen molar-refractivity contribution in [2.75, 3.05) is 19.8 Å². The summed E-state index contributed by atoms with van der Waals surface area (Å²) in [6.45, 7) is 9.81. The topological polar surface area (TPSA) is 65.1 Å². The minimum absolute atomic E-state index is 0.268. The Labute approximate surface area is 114 Å². The van der Waals surface area contributed by atoms with Gasteiger partial charge in [0.1, 0.15) is 5.60 Å². The molecule has 1 aliphatic rings. The van der Waals surface area contributed by atoms with Gasteiger partial charge in [0, 0.05) is 6.54 Å². The van der Waals surface area contributed by atoms with Crippen molar-refractivity contribution in [2.24, 2.45) is 0 Å². The van der Waals surface area contributed by atoms with Crippen LogP contribution >= 0.6 is 0 Å². The third-order valence-electron chi connectivity index (χ3n) is 2.65. The predicted octanol–water partition coefficient (Wildman–Crippen LogP) is 1.57. The molecule has 0 radical (unpaired) electrons. The lowest BCUT2D eigenvalue weighted by atomic mass is 10.1. The average molecular weight is 273 g/mol. The zero-order valence-electron chi connectivity index (χ0n) is 12.3. The number of rotatable bonds is 2. The predicted molar refractivity (Wildman–Crippen MR) is 68.8 cm³/mol. The molecule has 6 nitrogen and oxygen atoms in total. The maximum absolute atomic E-state index is 12.1. The minimum Gasteiger partial charge on any atom is -0.464 e. The molecule has 0 spiro atoms. The molecule has 6 heteroatoms. The molecule has 2 atom stereocenters. The zero-order chi connectivity index (χ0) is 14.6. The zero-order valence-corrected chi connectivity index (χ0v) is 12.3. The molecule has 1 aliphatic heterocycles. The molecule has 1 saturated heterocycles. The van der Waals surface area contributed by atoms with Gasteiger partial charge in [-0.05, 0) is 34.6 Å². The molecule has 1 amide bonds. The maximum atomic E-state index is 12.1. The standard InChI is InChI=1S/C13H23NO5/c1-6-17-11(15)10-9(2)18-8-7-14(10)12(16)19-13(3,4)5/h9-10H,6-8H2,1-5H3/t9-,10+/m1/s1. The Bertz CT molecular complexity index is 336. The van der Waals surface area contributed by atoms with Crippen LogP contribution in [-0.4, -0.2) is 54.5 Å². The third kappa shape index (κ3) is 4.38. The highest BCUT2D eigenvalue weighted by atomic mass is 16.6. The summed E-state index contributed by atoms with van der Waals surface area (Å²) in [6.07, 6.45) is -0.916. The SMILES string of the molecule is CCOC(=O)[C@@H]1[C@@H](C)OCCN1C(=O)OC(C)(C)C. The number of ether oxygens (including phenoxy) is 3. The highest BCUT2D eigenvalue weighted by molar-refractivity contribution is 5.82. The molecule has 0 N–H and O–H groups in total. The highest BCUT2D eigenvalue weighted by Gasteiger charge is 2.40. The van der Waals surface area contributed by atoms with Gasteiger partial charge < -0.3 is 14.2 Å². The largest absolute Gasteiger partial charge is 0.464 e. The number of hydrogen-bond donors (Lipinski definition) is 0. The monoisotopic (exact) mass is 273 g/mol. The summed E-state index contributed by atoms with van der Waals surface area (Å²) in [5.41, 5.74) is -0.599. The smallest absolute Gasteiger partial charge is 0.411 e. The van der Waals surface area contributed by atoms with E-state index in [9.17, 15) is 9.59 Å². The molecule has 0 aromatic rings. The lowest BCUT2D eigenvalue weighted by Gasteiger charge is -2.38. The van der Waals surface area contributed by atoms with Crippen molar-refractivity contribution in [3.8, 4) is 0 Å². The van der Waals surface area contributed by atoms with Crippen LogP contribution in [0.4, 0.5) is 4.79 Å². The van der Waals surface area contributed by atoms with Gasteiger partial charge in [0.25, 0.3) is 0 Å². The summed E-state index contributed by atoms with van der Waals surface area (Å²) in [5.74, 6) is -0.458. The molecule has 0 aromatic carbocycles. The first-order valence-corrected chi connectivity index (χ1v) is 6.54. The van der Waals surface area contributed by atoms with Gasteiger partial charge in [-0.2, -0.15) is 0 Å². The fourth-order valence-electron chi connectivity index (χ4n) is 1.89. The molecule has 1 fully saturated rings. The lowest BCUT2D eigenvalue weighted by molar-refractivity contribution is -0.160. The summed E-state index contributed by atoms with van der Waals surface area (Å²) in [7, 11) is 0. The summed E-state index contributed by atoms with van der Waals surface area (Å²) in [5, 5.41) is 0. The van der Waals surface area contributed by atoms with Crippen LogP contribution < -0.4 is 0 Å². The third-order valence-corrected chi connectivity index (χ3v) is 2.65. The van der Waals surface area contributed by atoms with Crippen LogP contribution in [0.1, 0.15) is 34.6 Å². The fraction of sp³-hybridized carbons (Fsp3) is 0.846. The van der Waals surface area contributed by atoms with Gasteiger partial charge in [0.05, 0.1) is 19.3 Å². The van der Waals surface area contributed by atoms with Crippen LogP contribution in [0.2, 0.25) is 0 Å². The summed E-state index contributed by atoms with van der Waals surface area (Å²) >= 11 is 0. The Morgan fingerprint density at radius 3 is 2.53 bits per heavy atom. The number of nitrogens with zero attached hydrogens (tertiary/aromatic N) is 1. The van der Waals surface area contributed by atoms with Crippen LogP contribution in [0.5, 0.6) is 0 Å². The quantitative estimate of drug-likeness (QED) is 0.715. The van der Waals surface area contributed by atoms with Gasteiger partial charge in [0.2, 0.25) is 0 Å². The molecule has 0 saturated carbocycles. The van der Waals surface area contributed by atoms with E-state index in [2.05, 4.69) is 0 Å². The second-order valence-electron chi connectivity index (χ2n) is 5.45. The molecule has 1 heterocycles. The van der Waals surface area contributed by atoms with Gasteiger partial charge in [0.15, 0.2) is 6.04 Å². The highest BCUT2D eigenvalue weighted by Crippen LogP contribution is 2.19. The molecule has 0 aromatic heterocycles. The van der Waals surface area contributed by atoms with E-state index in [1.54, 1.807) is 34.6 Å². The Morgan fingerprint density at radius 1 is 1.37 bits per heavy atom. The number of morpholine rings is 1. The fourth-order valence-corrected chi connectivity index (χ4v) is 1.89. The Kier molecular flexibility index (Phi) is 5.17. The molecule has 0 unspecified atom stereocenters. The molecular weight excluding hydrogens is 250 g/mol. The summed E-state index contributed by atoms with van der Waals surface area (Å²) in [4.78, 5) is 25.4. The van der Waals surface area contributed by atoms with E-state index in [1.807, 2.05) is 0 Å². The molecule has 0 aliphatic carbocycles. The average Bonchev–Trinajstić information content (AvgIpc) is 2.26. The first-order chi connectivity index (χ1) is 8.76. The van der Waals surface area contributed by atoms with E-state index < -0.39 is 29.8 Å². The first-order valence-electron chi connectivity index (χ1n) is 6.54. The van der Waals surface area contributed by atoms with Crippen molar-refractivity contribution in [1.82, 2.24) is 4.90 Å². The van der Waals surface area contributed by atoms with Crippen LogP contribution in [0.15, 0.2) is 0 Å². The van der Waals surface area contributed by atoms with Gasteiger partial charge in [-0.1, -0.05) is 0 Å². The van der Waals surface area contributed by atoms with E-state index in [4.69, 9.17) is 14.2 Å². The van der Waals surface area contributed by atoms with Crippen molar-refractivity contribution in [3.63, 3.8) is 0 Å². The second kappa shape index (κ2) is 6.23. The van der Waals surface area contributed by atoms with E-state index in [0.29, 0.717) is 13.2 Å². The summed E-state index contributed by atoms with van der Waals surface area (Å²) < 4.78 is 15.7. The van der Waals surface area contributed by atoms with Crippen LogP contribution in [0.3, 0.4) is 0 Å².